The molecule has 0 amide bonds. The van der Waals surface area contributed by atoms with Crippen LogP contribution in [0.25, 0.3) is 10.8 Å². The van der Waals surface area contributed by atoms with Crippen molar-refractivity contribution in [3.63, 3.8) is 0 Å². The molecule has 3 aliphatic rings. The Balaban J connectivity index is 1.54. The van der Waals surface area contributed by atoms with Crippen molar-refractivity contribution < 1.29 is 53.7 Å². The topological polar surface area (TPSA) is 193 Å². The lowest BCUT2D eigenvalue weighted by Crippen LogP contribution is -2.57. The number of phenolic OH excluding ortho intramolecular Hbond substituents is 3. The third-order valence-electron chi connectivity index (χ3n) is 6.85. The molecule has 3 atom stereocenters. The van der Waals surface area contributed by atoms with Crippen LogP contribution in [0, 0.1) is 6.92 Å². The summed E-state index contributed by atoms with van der Waals surface area (Å²) in [5, 5.41) is 55.1. The highest BCUT2D eigenvalue weighted by atomic mass is 16.7. The van der Waals surface area contributed by atoms with Gasteiger partial charge in [-0.1, -0.05) is 0 Å². The van der Waals surface area contributed by atoms with Crippen LogP contribution < -0.4 is 15.1 Å². The summed E-state index contributed by atoms with van der Waals surface area (Å²) in [5.74, 6) is -7.64. The zero-order chi connectivity index (χ0) is 26.5. The lowest BCUT2D eigenvalue weighted by Gasteiger charge is -2.40. The summed E-state index contributed by atoms with van der Waals surface area (Å²) in [7, 11) is 1.14. The molecule has 0 bridgehead atoms. The minimum absolute atomic E-state index is 0.212. The Morgan fingerprint density at radius 3 is 2.38 bits per heavy atom. The van der Waals surface area contributed by atoms with Crippen LogP contribution in [0.3, 0.4) is 0 Å². The van der Waals surface area contributed by atoms with E-state index in [-0.39, 0.29) is 23.1 Å². The highest BCUT2D eigenvalue weighted by Gasteiger charge is 2.61. The summed E-state index contributed by atoms with van der Waals surface area (Å²) in [6, 6.07) is 3.02. The Hall–Kier alpha value is -4.55. The number of hydrogen-bond donors (Lipinski definition) is 5. The van der Waals surface area contributed by atoms with Crippen LogP contribution in [0.1, 0.15) is 43.7 Å². The first-order chi connectivity index (χ1) is 17.5. The van der Waals surface area contributed by atoms with Crippen molar-refractivity contribution in [2.75, 3.05) is 7.11 Å². The zero-order valence-electron chi connectivity index (χ0n) is 19.2. The minimum Gasteiger partial charge on any atom is -0.507 e. The molecule has 2 aromatic carbocycles. The van der Waals surface area contributed by atoms with Gasteiger partial charge in [0, 0.05) is 18.1 Å². The molecule has 1 aromatic heterocycles. The first kappa shape index (κ1) is 22.9. The van der Waals surface area contributed by atoms with Gasteiger partial charge in [0.1, 0.15) is 23.0 Å². The summed E-state index contributed by atoms with van der Waals surface area (Å²) >= 11 is 0. The zero-order valence-corrected chi connectivity index (χ0v) is 19.2. The Morgan fingerprint density at radius 2 is 1.68 bits per heavy atom. The van der Waals surface area contributed by atoms with Gasteiger partial charge >= 0.3 is 11.4 Å². The van der Waals surface area contributed by atoms with E-state index in [2.05, 4.69) is 0 Å². The second-order valence-electron chi connectivity index (χ2n) is 8.97. The summed E-state index contributed by atoms with van der Waals surface area (Å²) in [6.45, 7) is 1.55. The maximum absolute atomic E-state index is 12.8. The number of hydrogen-bond acceptors (Lipinski definition) is 12. The van der Waals surface area contributed by atoms with E-state index in [0.717, 1.165) is 13.2 Å². The molecule has 37 heavy (non-hydrogen) atoms. The quantitative estimate of drug-likeness (QED) is 0.295. The first-order valence-corrected chi connectivity index (χ1v) is 11.0. The second-order valence-corrected chi connectivity index (χ2v) is 8.97. The Kier molecular flexibility index (Phi) is 4.48. The number of ketones is 2. The third-order valence-corrected chi connectivity index (χ3v) is 6.85. The number of rotatable bonds is 1. The van der Waals surface area contributed by atoms with Crippen molar-refractivity contribution in [3.8, 4) is 28.7 Å². The van der Waals surface area contributed by atoms with Crippen LogP contribution in [-0.2, 0) is 11.2 Å². The molecule has 1 aliphatic carbocycles. The van der Waals surface area contributed by atoms with E-state index in [0.29, 0.717) is 11.1 Å². The molecule has 0 saturated carbocycles. The predicted molar refractivity (Wildman–Crippen MR) is 121 cm³/mol. The van der Waals surface area contributed by atoms with Crippen LogP contribution in [0.4, 0.5) is 0 Å². The predicted octanol–water partition coefficient (Wildman–Crippen LogP) is 1.25. The van der Waals surface area contributed by atoms with Gasteiger partial charge in [-0.15, -0.1) is 0 Å². The summed E-state index contributed by atoms with van der Waals surface area (Å²) in [6.07, 6.45) is -3.08. The van der Waals surface area contributed by atoms with Gasteiger partial charge in [0.25, 0.3) is 0 Å². The lowest BCUT2D eigenvalue weighted by atomic mass is 9.86. The van der Waals surface area contributed by atoms with Gasteiger partial charge in [0.05, 0.1) is 23.8 Å². The van der Waals surface area contributed by atoms with Crippen molar-refractivity contribution >= 4 is 22.3 Å². The minimum atomic E-state index is -2.44. The molecule has 0 saturated heterocycles. The fourth-order valence-corrected chi connectivity index (χ4v) is 5.16. The van der Waals surface area contributed by atoms with E-state index in [1.165, 1.54) is 12.1 Å². The second kappa shape index (κ2) is 7.24. The monoisotopic (exact) mass is 510 g/mol. The first-order valence-electron chi connectivity index (χ1n) is 11.0. The normalized spacial score (nSPS) is 23.7. The average molecular weight is 510 g/mol. The summed E-state index contributed by atoms with van der Waals surface area (Å²) in [5.41, 5.74) is -2.29. The molecule has 190 valence electrons. The molecular formula is C25H18O12. The number of ether oxygens (including phenoxy) is 3. The Labute approximate surface area is 206 Å². The van der Waals surface area contributed by atoms with Gasteiger partial charge in [-0.2, -0.15) is 0 Å². The molecule has 0 fully saturated rings. The highest BCUT2D eigenvalue weighted by Crippen LogP contribution is 2.59. The van der Waals surface area contributed by atoms with Crippen LogP contribution >= 0.6 is 0 Å². The number of phenols is 3. The van der Waals surface area contributed by atoms with Crippen molar-refractivity contribution in [1.29, 1.82) is 0 Å². The molecule has 1 spiro atoms. The number of aromatic hydroxyl groups is 3. The molecule has 3 heterocycles. The van der Waals surface area contributed by atoms with Crippen LogP contribution in [0.15, 0.2) is 33.2 Å². The van der Waals surface area contributed by atoms with Gasteiger partial charge < -0.3 is 44.2 Å². The molecule has 3 aromatic rings. The van der Waals surface area contributed by atoms with E-state index in [9.17, 15) is 39.9 Å². The van der Waals surface area contributed by atoms with Crippen molar-refractivity contribution in [2.24, 2.45) is 0 Å². The van der Waals surface area contributed by atoms with E-state index < -0.39 is 80.6 Å². The number of aliphatic hydroxyl groups excluding tert-OH is 2. The van der Waals surface area contributed by atoms with Gasteiger partial charge in [-0.05, 0) is 24.4 Å². The number of aryl methyl sites for hydroxylation is 1. The SMILES string of the molecule is COC1=CC(=O)c2c(O)c3c(c(O)c2C1=O)O[C@]1(Oc2c(cc4cc(C)oc(=O)c4c2O)C[C@@H]1O)[C@H]3O. The van der Waals surface area contributed by atoms with Gasteiger partial charge in [0.2, 0.25) is 5.78 Å². The number of methoxy groups -OCH3 is 1. The maximum Gasteiger partial charge on any atom is 0.347 e. The van der Waals surface area contributed by atoms with E-state index in [1.54, 1.807) is 6.92 Å². The lowest BCUT2D eigenvalue weighted by molar-refractivity contribution is -0.234. The number of fused-ring (bicyclic) bond motifs is 4. The van der Waals surface area contributed by atoms with Gasteiger partial charge in [-0.25, -0.2) is 4.79 Å². The molecule has 0 radical (unpaired) electrons. The number of carbonyl (C=O) groups is 2. The smallest absolute Gasteiger partial charge is 0.347 e. The average Bonchev–Trinajstić information content (AvgIpc) is 3.13. The van der Waals surface area contributed by atoms with Crippen molar-refractivity contribution in [1.82, 2.24) is 0 Å². The molecular weight excluding hydrogens is 492 g/mol. The Bertz CT molecular complexity index is 1680. The van der Waals surface area contributed by atoms with Crippen LogP contribution in [0.2, 0.25) is 0 Å². The number of carbonyl (C=O) groups excluding carboxylic acids is 2. The number of Topliss-reactive ketones (excluding diaryl/α,β-unsaturated/α-hetero) is 1. The molecule has 12 nitrogen and oxygen atoms in total. The van der Waals surface area contributed by atoms with E-state index in [4.69, 9.17) is 18.6 Å². The third kappa shape index (κ3) is 2.76. The largest absolute Gasteiger partial charge is 0.507 e. The standard InChI is InChI=1S/C25H18O12/c1-7-3-8-4-9-5-12(27)25(36-21(9)19(30)13(8)24(33)35-7)23(32)16-18(29)14-10(26)6-11(34-2)17(28)15(14)20(31)22(16)37-25/h3-4,6,12,23,27,29-32H,5H2,1-2H3/t12-,23-,25-/m0/s1. The molecule has 0 unspecified atom stereocenters. The highest BCUT2D eigenvalue weighted by molar-refractivity contribution is 6.26. The van der Waals surface area contributed by atoms with Gasteiger partial charge in [-0.3, -0.25) is 9.59 Å². The fraction of sp³-hybridized carbons (Fsp3) is 0.240. The number of allylic oxidation sites excluding steroid dienone is 2. The molecule has 6 rings (SSSR count). The van der Waals surface area contributed by atoms with Crippen LogP contribution in [0.5, 0.6) is 28.7 Å². The fourth-order valence-electron chi connectivity index (χ4n) is 5.16. The van der Waals surface area contributed by atoms with E-state index in [1.807, 2.05) is 0 Å². The number of aliphatic hydroxyl groups is 2. The van der Waals surface area contributed by atoms with Crippen LogP contribution in [-0.4, -0.2) is 56.1 Å². The summed E-state index contributed by atoms with van der Waals surface area (Å²) in [4.78, 5) is 37.8. The maximum atomic E-state index is 12.8. The van der Waals surface area contributed by atoms with Crippen molar-refractivity contribution in [2.45, 2.75) is 31.3 Å². The summed E-state index contributed by atoms with van der Waals surface area (Å²) < 4.78 is 21.4. The molecule has 2 aliphatic heterocycles. The number of benzene rings is 2. The van der Waals surface area contributed by atoms with Crippen molar-refractivity contribution in [3.05, 3.63) is 62.4 Å². The molecule has 5 N–H and O–H groups in total. The Morgan fingerprint density at radius 1 is 0.973 bits per heavy atom. The molecule has 12 heteroatoms. The van der Waals surface area contributed by atoms with Gasteiger partial charge in [0.15, 0.2) is 40.6 Å². The van der Waals surface area contributed by atoms with E-state index >= 15 is 0 Å².